The smallest absolute Gasteiger partial charge is 0.0200 e. The lowest BCUT2D eigenvalue weighted by Crippen LogP contribution is -2.51. The van der Waals surface area contributed by atoms with Gasteiger partial charge < -0.3 is 5.32 Å². The number of hydrogen-bond acceptors (Lipinski definition) is 2. The Bertz CT molecular complexity index is 223. The third-order valence-corrected chi connectivity index (χ3v) is 4.31. The fraction of sp³-hybridized carbons (Fsp3) is 1.00. The lowest BCUT2D eigenvalue weighted by atomic mass is 9.89. The number of piperidine rings is 1. The Labute approximate surface area is 107 Å². The number of likely N-dealkylation sites (tertiary alicyclic amines) is 1. The number of hydrogen-bond donors (Lipinski definition) is 1. The van der Waals surface area contributed by atoms with Crippen LogP contribution in [0.5, 0.6) is 0 Å². The van der Waals surface area contributed by atoms with Gasteiger partial charge in [-0.25, -0.2) is 0 Å². The zero-order chi connectivity index (χ0) is 12.3. The Morgan fingerprint density at radius 1 is 1.18 bits per heavy atom. The molecule has 2 aliphatic rings. The molecule has 1 aliphatic heterocycles. The van der Waals surface area contributed by atoms with Crippen molar-refractivity contribution >= 4 is 0 Å². The molecule has 0 spiro atoms. The predicted molar refractivity (Wildman–Crippen MR) is 74.3 cm³/mol. The third kappa shape index (κ3) is 4.26. The third-order valence-electron chi connectivity index (χ3n) is 4.31. The van der Waals surface area contributed by atoms with Crippen molar-refractivity contribution in [1.29, 1.82) is 0 Å². The van der Waals surface area contributed by atoms with Crippen molar-refractivity contribution in [2.75, 3.05) is 13.1 Å². The summed E-state index contributed by atoms with van der Waals surface area (Å²) in [5.74, 6) is 0.933. The second-order valence-corrected chi connectivity index (χ2v) is 6.43. The molecule has 0 aromatic carbocycles. The van der Waals surface area contributed by atoms with Gasteiger partial charge >= 0.3 is 0 Å². The van der Waals surface area contributed by atoms with Crippen molar-refractivity contribution in [3.63, 3.8) is 0 Å². The van der Waals surface area contributed by atoms with E-state index >= 15 is 0 Å². The van der Waals surface area contributed by atoms with Crippen LogP contribution in [0.25, 0.3) is 0 Å². The van der Waals surface area contributed by atoms with Gasteiger partial charge in [0.15, 0.2) is 0 Å². The summed E-state index contributed by atoms with van der Waals surface area (Å²) in [5.41, 5.74) is 0. The molecule has 2 nitrogen and oxygen atoms in total. The maximum Gasteiger partial charge on any atom is 0.0200 e. The van der Waals surface area contributed by atoms with Crippen molar-refractivity contribution in [2.45, 2.75) is 77.4 Å². The second-order valence-electron chi connectivity index (χ2n) is 6.43. The van der Waals surface area contributed by atoms with E-state index < -0.39 is 0 Å². The van der Waals surface area contributed by atoms with Crippen molar-refractivity contribution in [3.8, 4) is 0 Å². The number of unbranched alkanes of at least 4 members (excludes halogenated alkanes) is 1. The van der Waals surface area contributed by atoms with Gasteiger partial charge in [0.05, 0.1) is 0 Å². The van der Waals surface area contributed by atoms with Crippen LogP contribution in [0, 0.1) is 5.92 Å². The van der Waals surface area contributed by atoms with E-state index in [9.17, 15) is 0 Å². The standard InChI is InChI=1S/C15H30N2/c1-4-5-6-13-9-15(16-14-7-8-14)11-17(10-13)12(2)3/h12-16H,4-11H2,1-3H3. The number of nitrogens with zero attached hydrogens (tertiary/aromatic N) is 1. The first-order chi connectivity index (χ1) is 8.19. The van der Waals surface area contributed by atoms with Crippen molar-refractivity contribution in [2.24, 2.45) is 5.92 Å². The zero-order valence-corrected chi connectivity index (χ0v) is 11.9. The van der Waals surface area contributed by atoms with E-state index in [1.54, 1.807) is 0 Å². The topological polar surface area (TPSA) is 15.3 Å². The monoisotopic (exact) mass is 238 g/mol. The van der Waals surface area contributed by atoms with Gasteiger partial charge in [-0.1, -0.05) is 19.8 Å². The minimum Gasteiger partial charge on any atom is -0.310 e. The molecule has 100 valence electrons. The van der Waals surface area contributed by atoms with E-state index in [-0.39, 0.29) is 0 Å². The van der Waals surface area contributed by atoms with E-state index in [1.165, 1.54) is 51.6 Å². The van der Waals surface area contributed by atoms with Gasteiger partial charge in [0, 0.05) is 31.2 Å². The first-order valence-electron chi connectivity index (χ1n) is 7.69. The van der Waals surface area contributed by atoms with Crippen LogP contribution in [0.3, 0.4) is 0 Å². The summed E-state index contributed by atoms with van der Waals surface area (Å²) in [6.07, 6.45) is 8.43. The summed E-state index contributed by atoms with van der Waals surface area (Å²) < 4.78 is 0. The lowest BCUT2D eigenvalue weighted by Gasteiger charge is -2.40. The highest BCUT2D eigenvalue weighted by Crippen LogP contribution is 2.27. The molecule has 17 heavy (non-hydrogen) atoms. The molecule has 0 amide bonds. The molecule has 0 radical (unpaired) electrons. The van der Waals surface area contributed by atoms with Crippen LogP contribution < -0.4 is 5.32 Å². The van der Waals surface area contributed by atoms with Crippen LogP contribution in [0.1, 0.15) is 59.3 Å². The molecule has 2 heteroatoms. The molecule has 2 atom stereocenters. The number of rotatable bonds is 6. The molecule has 0 aromatic heterocycles. The summed E-state index contributed by atoms with van der Waals surface area (Å²) in [4.78, 5) is 2.68. The van der Waals surface area contributed by atoms with Crippen LogP contribution in [-0.2, 0) is 0 Å². The first-order valence-corrected chi connectivity index (χ1v) is 7.69. The zero-order valence-electron chi connectivity index (χ0n) is 11.9. The average Bonchev–Trinajstić information content (AvgIpc) is 3.10. The van der Waals surface area contributed by atoms with Crippen LogP contribution in [-0.4, -0.2) is 36.1 Å². The van der Waals surface area contributed by atoms with Gasteiger partial charge in [0.25, 0.3) is 0 Å². The molecule has 2 unspecified atom stereocenters. The molecule has 0 aromatic rings. The largest absolute Gasteiger partial charge is 0.310 e. The van der Waals surface area contributed by atoms with Gasteiger partial charge in [-0.15, -0.1) is 0 Å². The van der Waals surface area contributed by atoms with E-state index in [2.05, 4.69) is 31.0 Å². The van der Waals surface area contributed by atoms with Gasteiger partial charge in [-0.3, -0.25) is 4.90 Å². The minimum atomic E-state index is 0.711. The van der Waals surface area contributed by atoms with Gasteiger partial charge in [0.2, 0.25) is 0 Å². The van der Waals surface area contributed by atoms with E-state index in [4.69, 9.17) is 0 Å². The predicted octanol–water partition coefficient (Wildman–Crippen LogP) is 3.03. The summed E-state index contributed by atoms with van der Waals surface area (Å²) in [6.45, 7) is 9.60. The maximum absolute atomic E-state index is 3.84. The molecular weight excluding hydrogens is 208 g/mol. The molecule has 1 heterocycles. The molecular formula is C15H30N2. The minimum absolute atomic E-state index is 0.711. The normalized spacial score (nSPS) is 31.1. The highest BCUT2D eigenvalue weighted by atomic mass is 15.2. The number of nitrogens with one attached hydrogen (secondary N) is 1. The molecule has 1 saturated heterocycles. The SMILES string of the molecule is CCCCC1CC(NC2CC2)CN(C(C)C)C1. The van der Waals surface area contributed by atoms with Crippen LogP contribution in [0.4, 0.5) is 0 Å². The molecule has 2 fully saturated rings. The van der Waals surface area contributed by atoms with E-state index in [0.29, 0.717) is 6.04 Å². The Morgan fingerprint density at radius 2 is 1.94 bits per heavy atom. The van der Waals surface area contributed by atoms with E-state index in [1.807, 2.05) is 0 Å². The average molecular weight is 238 g/mol. The Morgan fingerprint density at radius 3 is 2.53 bits per heavy atom. The van der Waals surface area contributed by atoms with Crippen LogP contribution >= 0.6 is 0 Å². The molecule has 1 N–H and O–H groups in total. The van der Waals surface area contributed by atoms with Crippen LogP contribution in [0.15, 0.2) is 0 Å². The maximum atomic E-state index is 3.84. The fourth-order valence-electron chi connectivity index (χ4n) is 3.07. The highest BCUT2D eigenvalue weighted by Gasteiger charge is 2.31. The quantitative estimate of drug-likeness (QED) is 0.765. The van der Waals surface area contributed by atoms with Crippen molar-refractivity contribution in [1.82, 2.24) is 10.2 Å². The second kappa shape index (κ2) is 6.19. The van der Waals surface area contributed by atoms with Gasteiger partial charge in [0.1, 0.15) is 0 Å². The molecule has 2 rings (SSSR count). The van der Waals surface area contributed by atoms with Crippen molar-refractivity contribution < 1.29 is 0 Å². The fourth-order valence-corrected chi connectivity index (χ4v) is 3.07. The molecule has 1 aliphatic carbocycles. The van der Waals surface area contributed by atoms with E-state index in [0.717, 1.165) is 18.0 Å². The Kier molecular flexibility index (Phi) is 4.87. The summed E-state index contributed by atoms with van der Waals surface area (Å²) in [6, 6.07) is 2.34. The van der Waals surface area contributed by atoms with Gasteiger partial charge in [-0.2, -0.15) is 0 Å². The first kappa shape index (κ1) is 13.4. The van der Waals surface area contributed by atoms with Gasteiger partial charge in [-0.05, 0) is 45.4 Å². The molecule has 1 saturated carbocycles. The Hall–Kier alpha value is -0.0800. The molecule has 0 bridgehead atoms. The summed E-state index contributed by atoms with van der Waals surface area (Å²) >= 11 is 0. The van der Waals surface area contributed by atoms with Crippen molar-refractivity contribution in [3.05, 3.63) is 0 Å². The Balaban J connectivity index is 1.84. The van der Waals surface area contributed by atoms with Crippen LogP contribution in [0.2, 0.25) is 0 Å². The lowest BCUT2D eigenvalue weighted by molar-refractivity contribution is 0.106. The highest BCUT2D eigenvalue weighted by molar-refractivity contribution is 4.90. The summed E-state index contributed by atoms with van der Waals surface area (Å²) in [7, 11) is 0. The summed E-state index contributed by atoms with van der Waals surface area (Å²) in [5, 5.41) is 3.84.